The lowest BCUT2D eigenvalue weighted by Crippen LogP contribution is -2.26. The summed E-state index contributed by atoms with van der Waals surface area (Å²) in [6.45, 7) is 2.29. The fourth-order valence-electron chi connectivity index (χ4n) is 2.09. The molecule has 1 aromatic rings. The number of rotatable bonds is 2. The van der Waals surface area contributed by atoms with Crippen molar-refractivity contribution in [3.05, 3.63) is 23.9 Å². The second-order valence-corrected chi connectivity index (χ2v) is 4.37. The largest absolute Gasteiger partial charge is 0.363 e. The Morgan fingerprint density at radius 2 is 2.00 bits per heavy atom. The number of halogens is 1. The Hall–Kier alpha value is -0.800. The minimum absolute atomic E-state index is 0. The molecule has 0 radical (unpaired) electrons. The van der Waals surface area contributed by atoms with Gasteiger partial charge in [0.2, 0.25) is 0 Å². The Kier molecular flexibility index (Phi) is 5.03. The van der Waals surface area contributed by atoms with Crippen LogP contribution < -0.4 is 10.2 Å². The smallest absolute Gasteiger partial charge is 0.128 e. The molecule has 1 fully saturated rings. The zero-order valence-electron chi connectivity index (χ0n) is 9.94. The minimum atomic E-state index is 0. The lowest BCUT2D eigenvalue weighted by atomic mass is 9.91. The first-order chi connectivity index (χ1) is 7.27. The fraction of sp³-hybridized carbons (Fsp3) is 0.583. The topological polar surface area (TPSA) is 28.2 Å². The highest BCUT2D eigenvalue weighted by Gasteiger charge is 2.15. The molecule has 0 amide bonds. The van der Waals surface area contributed by atoms with E-state index >= 15 is 0 Å². The van der Waals surface area contributed by atoms with E-state index in [1.54, 1.807) is 0 Å². The Labute approximate surface area is 104 Å². The first kappa shape index (κ1) is 13.3. The minimum Gasteiger partial charge on any atom is -0.363 e. The van der Waals surface area contributed by atoms with Gasteiger partial charge < -0.3 is 10.2 Å². The van der Waals surface area contributed by atoms with Gasteiger partial charge in [-0.05, 0) is 49.5 Å². The van der Waals surface area contributed by atoms with Crippen LogP contribution in [0.3, 0.4) is 0 Å². The summed E-state index contributed by atoms with van der Waals surface area (Å²) >= 11 is 0. The number of nitrogens with zero attached hydrogens (tertiary/aromatic N) is 2. The SMILES string of the molecule is CN(C)c1cc(C2CCNCC2)ccn1.Cl. The van der Waals surface area contributed by atoms with Gasteiger partial charge in [0.15, 0.2) is 0 Å². The molecule has 0 aliphatic carbocycles. The highest BCUT2D eigenvalue weighted by molar-refractivity contribution is 5.85. The number of pyridine rings is 1. The molecule has 1 aromatic heterocycles. The average molecular weight is 242 g/mol. The second kappa shape index (κ2) is 6.06. The van der Waals surface area contributed by atoms with E-state index in [2.05, 4.69) is 27.3 Å². The van der Waals surface area contributed by atoms with Crippen LogP contribution in [0, 0.1) is 0 Å². The molecule has 0 atom stereocenters. The van der Waals surface area contributed by atoms with E-state index in [1.165, 1.54) is 18.4 Å². The lowest BCUT2D eigenvalue weighted by Gasteiger charge is -2.23. The number of hydrogen-bond donors (Lipinski definition) is 1. The molecule has 0 unspecified atom stereocenters. The van der Waals surface area contributed by atoms with Crippen molar-refractivity contribution in [2.75, 3.05) is 32.1 Å². The summed E-state index contributed by atoms with van der Waals surface area (Å²) in [6.07, 6.45) is 4.42. The Morgan fingerprint density at radius 1 is 1.31 bits per heavy atom. The summed E-state index contributed by atoms with van der Waals surface area (Å²) in [5.41, 5.74) is 1.44. The molecule has 0 aromatic carbocycles. The summed E-state index contributed by atoms with van der Waals surface area (Å²) in [4.78, 5) is 6.40. The normalized spacial score (nSPS) is 16.6. The maximum Gasteiger partial charge on any atom is 0.128 e. The summed E-state index contributed by atoms with van der Waals surface area (Å²) in [5, 5.41) is 3.40. The second-order valence-electron chi connectivity index (χ2n) is 4.37. The fourth-order valence-corrected chi connectivity index (χ4v) is 2.09. The average Bonchev–Trinajstić information content (AvgIpc) is 2.30. The van der Waals surface area contributed by atoms with Crippen LogP contribution in [0.4, 0.5) is 5.82 Å². The van der Waals surface area contributed by atoms with Gasteiger partial charge >= 0.3 is 0 Å². The third kappa shape index (κ3) is 3.09. The first-order valence-corrected chi connectivity index (χ1v) is 5.61. The van der Waals surface area contributed by atoms with Gasteiger partial charge in [0.05, 0.1) is 0 Å². The van der Waals surface area contributed by atoms with E-state index in [0.29, 0.717) is 5.92 Å². The molecule has 0 spiro atoms. The number of anilines is 1. The maximum atomic E-state index is 4.34. The van der Waals surface area contributed by atoms with Crippen molar-refractivity contribution < 1.29 is 0 Å². The van der Waals surface area contributed by atoms with Crippen LogP contribution >= 0.6 is 12.4 Å². The first-order valence-electron chi connectivity index (χ1n) is 5.61. The Balaban J connectivity index is 0.00000128. The zero-order valence-corrected chi connectivity index (χ0v) is 10.8. The van der Waals surface area contributed by atoms with E-state index in [4.69, 9.17) is 0 Å². The van der Waals surface area contributed by atoms with E-state index in [9.17, 15) is 0 Å². The van der Waals surface area contributed by atoms with Crippen LogP contribution in [0.5, 0.6) is 0 Å². The van der Waals surface area contributed by atoms with Crippen LogP contribution in [0.15, 0.2) is 18.3 Å². The van der Waals surface area contributed by atoms with Crippen LogP contribution in [0.1, 0.15) is 24.3 Å². The molecule has 0 bridgehead atoms. The van der Waals surface area contributed by atoms with Gasteiger partial charge in [-0.1, -0.05) is 0 Å². The van der Waals surface area contributed by atoms with E-state index in [0.717, 1.165) is 18.9 Å². The molecule has 1 aliphatic heterocycles. The van der Waals surface area contributed by atoms with Gasteiger partial charge in [0, 0.05) is 20.3 Å². The lowest BCUT2D eigenvalue weighted by molar-refractivity contribution is 0.460. The molecular weight excluding hydrogens is 222 g/mol. The van der Waals surface area contributed by atoms with Crippen molar-refractivity contribution in [2.45, 2.75) is 18.8 Å². The molecule has 1 N–H and O–H groups in total. The van der Waals surface area contributed by atoms with E-state index in [1.807, 2.05) is 20.3 Å². The van der Waals surface area contributed by atoms with Crippen molar-refractivity contribution >= 4 is 18.2 Å². The van der Waals surface area contributed by atoms with Gasteiger partial charge in [0.25, 0.3) is 0 Å². The van der Waals surface area contributed by atoms with Gasteiger partial charge in [-0.3, -0.25) is 0 Å². The summed E-state index contributed by atoms with van der Waals surface area (Å²) in [6, 6.07) is 4.37. The molecule has 90 valence electrons. The predicted molar refractivity (Wildman–Crippen MR) is 70.7 cm³/mol. The van der Waals surface area contributed by atoms with Crippen LogP contribution in [0.2, 0.25) is 0 Å². The molecule has 1 aliphatic rings. The Morgan fingerprint density at radius 3 is 2.62 bits per heavy atom. The predicted octanol–water partition coefficient (Wildman–Crippen LogP) is 2.04. The van der Waals surface area contributed by atoms with Gasteiger partial charge in [-0.2, -0.15) is 0 Å². The van der Waals surface area contributed by atoms with Gasteiger partial charge in [-0.15, -0.1) is 12.4 Å². The van der Waals surface area contributed by atoms with E-state index in [-0.39, 0.29) is 12.4 Å². The van der Waals surface area contributed by atoms with Crippen LogP contribution in [0.25, 0.3) is 0 Å². The third-order valence-electron chi connectivity index (χ3n) is 3.04. The highest BCUT2D eigenvalue weighted by atomic mass is 35.5. The molecule has 4 heteroatoms. The molecule has 3 nitrogen and oxygen atoms in total. The van der Waals surface area contributed by atoms with Crippen molar-refractivity contribution in [2.24, 2.45) is 0 Å². The number of hydrogen-bond acceptors (Lipinski definition) is 3. The van der Waals surface area contributed by atoms with Crippen molar-refractivity contribution in [3.63, 3.8) is 0 Å². The number of piperidine rings is 1. The summed E-state index contributed by atoms with van der Waals surface area (Å²) in [7, 11) is 4.07. The summed E-state index contributed by atoms with van der Waals surface area (Å²) in [5.74, 6) is 1.78. The highest BCUT2D eigenvalue weighted by Crippen LogP contribution is 2.26. The molecule has 0 saturated carbocycles. The van der Waals surface area contributed by atoms with Crippen molar-refractivity contribution in [1.82, 2.24) is 10.3 Å². The standard InChI is InChI=1S/C12H19N3.ClH/c1-15(2)12-9-11(5-8-14-12)10-3-6-13-7-4-10;/h5,8-10,13H,3-4,6-7H2,1-2H3;1H. The van der Waals surface area contributed by atoms with Gasteiger partial charge in [0.1, 0.15) is 5.82 Å². The van der Waals surface area contributed by atoms with Gasteiger partial charge in [-0.25, -0.2) is 4.98 Å². The molecule has 2 heterocycles. The maximum absolute atomic E-state index is 4.34. The molecule has 2 rings (SSSR count). The van der Waals surface area contributed by atoms with E-state index < -0.39 is 0 Å². The molecular formula is C12H20ClN3. The quantitative estimate of drug-likeness (QED) is 0.859. The summed E-state index contributed by atoms with van der Waals surface area (Å²) < 4.78 is 0. The molecule has 16 heavy (non-hydrogen) atoms. The number of nitrogens with one attached hydrogen (secondary N) is 1. The van der Waals surface area contributed by atoms with Crippen molar-refractivity contribution in [3.8, 4) is 0 Å². The number of aromatic nitrogens is 1. The third-order valence-corrected chi connectivity index (χ3v) is 3.04. The van der Waals surface area contributed by atoms with Crippen LogP contribution in [-0.2, 0) is 0 Å². The van der Waals surface area contributed by atoms with Crippen LogP contribution in [-0.4, -0.2) is 32.2 Å². The Bertz CT molecular complexity index is 322. The molecule has 1 saturated heterocycles. The zero-order chi connectivity index (χ0) is 10.7. The monoisotopic (exact) mass is 241 g/mol. The van der Waals surface area contributed by atoms with Crippen molar-refractivity contribution in [1.29, 1.82) is 0 Å².